The fourth-order valence-corrected chi connectivity index (χ4v) is 2.42. The van der Waals surface area contributed by atoms with Crippen LogP contribution in [0.4, 0.5) is 0 Å². The maximum absolute atomic E-state index is 11.2. The predicted molar refractivity (Wildman–Crippen MR) is 51.2 cm³/mol. The van der Waals surface area contributed by atoms with Crippen LogP contribution in [-0.2, 0) is 20.3 Å². The Balaban J connectivity index is 2.22. The van der Waals surface area contributed by atoms with Crippen molar-refractivity contribution in [2.75, 3.05) is 44.9 Å². The highest BCUT2D eigenvalue weighted by Crippen LogP contribution is 1.99. The van der Waals surface area contributed by atoms with Crippen LogP contribution in [0.5, 0.6) is 0 Å². The van der Waals surface area contributed by atoms with Crippen molar-refractivity contribution in [1.29, 1.82) is 0 Å². The molecule has 0 aromatic rings. The first kappa shape index (κ1) is 10.8. The summed E-state index contributed by atoms with van der Waals surface area (Å²) < 4.78 is 15.7. The summed E-state index contributed by atoms with van der Waals surface area (Å²) in [5.41, 5.74) is 0. The van der Waals surface area contributed by atoms with Gasteiger partial charge in [0.25, 0.3) is 0 Å². The molecule has 0 aliphatic carbocycles. The van der Waals surface area contributed by atoms with Crippen molar-refractivity contribution in [3.63, 3.8) is 0 Å². The Morgan fingerprint density at radius 2 is 2.08 bits per heavy atom. The van der Waals surface area contributed by atoms with Crippen LogP contribution >= 0.6 is 0 Å². The molecule has 4 nitrogen and oxygen atoms in total. The summed E-state index contributed by atoms with van der Waals surface area (Å²) in [5, 5.41) is 0. The van der Waals surface area contributed by atoms with Crippen molar-refractivity contribution in [2.45, 2.75) is 0 Å². The number of methoxy groups -OCH3 is 1. The largest absolute Gasteiger partial charge is 0.377 e. The van der Waals surface area contributed by atoms with Crippen molar-refractivity contribution in [1.82, 2.24) is 4.90 Å². The fraction of sp³-hybridized carbons (Fsp3) is 0.875. The van der Waals surface area contributed by atoms with E-state index in [1.165, 1.54) is 7.11 Å². The minimum atomic E-state index is -0.664. The molecule has 0 aromatic carbocycles. The molecule has 0 amide bonds. The number of Topliss-reactive ketones (excluding diaryl/α,β-unsaturated/α-hetero) is 1. The first-order valence-corrected chi connectivity index (χ1v) is 5.79. The molecule has 1 aliphatic rings. The van der Waals surface area contributed by atoms with E-state index in [4.69, 9.17) is 4.74 Å². The Morgan fingerprint density at radius 3 is 2.62 bits per heavy atom. The predicted octanol–water partition coefficient (Wildman–Crippen LogP) is -0.734. The summed E-state index contributed by atoms with van der Waals surface area (Å²) in [5.74, 6) is 1.48. The molecule has 1 saturated heterocycles. The van der Waals surface area contributed by atoms with Crippen LogP contribution in [-0.4, -0.2) is 59.7 Å². The van der Waals surface area contributed by atoms with Gasteiger partial charge < -0.3 is 4.74 Å². The van der Waals surface area contributed by atoms with E-state index in [1.54, 1.807) is 0 Å². The van der Waals surface area contributed by atoms with Gasteiger partial charge in [-0.15, -0.1) is 0 Å². The SMILES string of the molecule is COCC(=O)CN1CCS(=O)CC1. The average Bonchev–Trinajstić information content (AvgIpc) is 2.09. The van der Waals surface area contributed by atoms with Crippen LogP contribution in [0.25, 0.3) is 0 Å². The lowest BCUT2D eigenvalue weighted by atomic mass is 10.3. The summed E-state index contributed by atoms with van der Waals surface area (Å²) in [7, 11) is 0.853. The van der Waals surface area contributed by atoms with E-state index in [0.717, 1.165) is 13.1 Å². The number of ether oxygens (including phenoxy) is 1. The van der Waals surface area contributed by atoms with Gasteiger partial charge in [0.15, 0.2) is 5.78 Å². The van der Waals surface area contributed by atoms with E-state index in [-0.39, 0.29) is 12.4 Å². The van der Waals surface area contributed by atoms with Gasteiger partial charge in [-0.2, -0.15) is 0 Å². The topological polar surface area (TPSA) is 46.6 Å². The number of rotatable bonds is 4. The number of nitrogens with zero attached hydrogens (tertiary/aromatic N) is 1. The Morgan fingerprint density at radius 1 is 1.46 bits per heavy atom. The van der Waals surface area contributed by atoms with E-state index in [9.17, 15) is 9.00 Å². The van der Waals surface area contributed by atoms with Crippen LogP contribution in [0, 0.1) is 0 Å². The van der Waals surface area contributed by atoms with Gasteiger partial charge in [0.1, 0.15) is 6.61 Å². The van der Waals surface area contributed by atoms with Crippen molar-refractivity contribution in [3.8, 4) is 0 Å². The molecule has 76 valence electrons. The molecular formula is C8H15NO3S. The summed E-state index contributed by atoms with van der Waals surface area (Å²) in [6.07, 6.45) is 0. The monoisotopic (exact) mass is 205 g/mol. The van der Waals surface area contributed by atoms with Gasteiger partial charge in [-0.25, -0.2) is 0 Å². The van der Waals surface area contributed by atoms with Crippen molar-refractivity contribution in [2.24, 2.45) is 0 Å². The van der Waals surface area contributed by atoms with Gasteiger partial charge in [0, 0.05) is 42.5 Å². The summed E-state index contributed by atoms with van der Waals surface area (Å²) in [6, 6.07) is 0. The Hall–Kier alpha value is -0.260. The molecule has 0 saturated carbocycles. The van der Waals surface area contributed by atoms with Crippen molar-refractivity contribution in [3.05, 3.63) is 0 Å². The van der Waals surface area contributed by atoms with Crippen molar-refractivity contribution < 1.29 is 13.7 Å². The van der Waals surface area contributed by atoms with Gasteiger partial charge >= 0.3 is 0 Å². The lowest BCUT2D eigenvalue weighted by Gasteiger charge is -2.24. The fourth-order valence-electron chi connectivity index (χ4n) is 1.29. The van der Waals surface area contributed by atoms with Crippen LogP contribution in [0.2, 0.25) is 0 Å². The van der Waals surface area contributed by atoms with Gasteiger partial charge in [0.2, 0.25) is 0 Å². The molecule has 1 aliphatic heterocycles. The number of hydrogen-bond donors (Lipinski definition) is 0. The zero-order chi connectivity index (χ0) is 9.68. The first-order chi connectivity index (χ1) is 6.22. The standard InChI is InChI=1S/C8H15NO3S/c1-12-7-8(10)6-9-2-4-13(11)5-3-9/h2-7H2,1H3. The third-order valence-electron chi connectivity index (χ3n) is 1.98. The highest BCUT2D eigenvalue weighted by Gasteiger charge is 2.16. The molecule has 1 rings (SSSR count). The van der Waals surface area contributed by atoms with Gasteiger partial charge in [-0.3, -0.25) is 13.9 Å². The molecule has 5 heteroatoms. The Kier molecular flexibility index (Phi) is 4.55. The van der Waals surface area contributed by atoms with Gasteiger partial charge in [-0.1, -0.05) is 0 Å². The maximum Gasteiger partial charge on any atom is 0.172 e. The van der Waals surface area contributed by atoms with E-state index >= 15 is 0 Å². The molecule has 1 fully saturated rings. The summed E-state index contributed by atoms with van der Waals surface area (Å²) >= 11 is 0. The molecule has 0 N–H and O–H groups in total. The van der Waals surface area contributed by atoms with Crippen LogP contribution in [0.15, 0.2) is 0 Å². The molecule has 0 unspecified atom stereocenters. The molecule has 0 aromatic heterocycles. The minimum absolute atomic E-state index is 0.0928. The lowest BCUT2D eigenvalue weighted by molar-refractivity contribution is -0.123. The molecule has 0 atom stereocenters. The minimum Gasteiger partial charge on any atom is -0.377 e. The van der Waals surface area contributed by atoms with E-state index in [2.05, 4.69) is 0 Å². The van der Waals surface area contributed by atoms with E-state index < -0.39 is 10.8 Å². The number of hydrogen-bond acceptors (Lipinski definition) is 4. The Labute approximate surface area is 80.7 Å². The Bertz CT molecular complexity index is 198. The average molecular weight is 205 g/mol. The van der Waals surface area contributed by atoms with Crippen LogP contribution in [0.3, 0.4) is 0 Å². The second-order valence-corrected chi connectivity index (χ2v) is 4.79. The van der Waals surface area contributed by atoms with E-state index in [1.807, 2.05) is 4.90 Å². The third kappa shape index (κ3) is 3.97. The normalized spacial score (nSPS) is 20.4. The molecule has 13 heavy (non-hydrogen) atoms. The smallest absolute Gasteiger partial charge is 0.172 e. The van der Waals surface area contributed by atoms with Gasteiger partial charge in [-0.05, 0) is 0 Å². The van der Waals surface area contributed by atoms with Crippen LogP contribution in [0.1, 0.15) is 0 Å². The number of carbonyl (C=O) groups is 1. The zero-order valence-corrected chi connectivity index (χ0v) is 8.64. The third-order valence-corrected chi connectivity index (χ3v) is 3.25. The maximum atomic E-state index is 11.2. The van der Waals surface area contributed by atoms with Crippen LogP contribution < -0.4 is 0 Å². The lowest BCUT2D eigenvalue weighted by Crippen LogP contribution is -2.41. The molecule has 1 heterocycles. The number of carbonyl (C=O) groups excluding carboxylic acids is 1. The summed E-state index contributed by atoms with van der Waals surface area (Å²) in [6.45, 7) is 2.15. The van der Waals surface area contributed by atoms with Gasteiger partial charge in [0.05, 0.1) is 6.54 Å². The second-order valence-electron chi connectivity index (χ2n) is 3.10. The van der Waals surface area contributed by atoms with Crippen molar-refractivity contribution >= 4 is 16.6 Å². The molecule has 0 radical (unpaired) electrons. The summed E-state index contributed by atoms with van der Waals surface area (Å²) in [4.78, 5) is 13.2. The first-order valence-electron chi connectivity index (χ1n) is 4.30. The highest BCUT2D eigenvalue weighted by molar-refractivity contribution is 7.85. The van der Waals surface area contributed by atoms with E-state index in [0.29, 0.717) is 18.1 Å². The molecular weight excluding hydrogens is 190 g/mol. The number of ketones is 1. The molecule has 0 bridgehead atoms. The quantitative estimate of drug-likeness (QED) is 0.607. The molecule has 0 spiro atoms. The zero-order valence-electron chi connectivity index (χ0n) is 7.82. The second kappa shape index (κ2) is 5.47. The highest BCUT2D eigenvalue weighted by atomic mass is 32.2.